The van der Waals surface area contributed by atoms with E-state index in [1.54, 1.807) is 0 Å². The van der Waals surface area contributed by atoms with Crippen LogP contribution in [0.4, 0.5) is 0 Å². The van der Waals surface area contributed by atoms with E-state index in [4.69, 9.17) is 4.74 Å². The largest absolute Gasteiger partial charge is 0.481 e. The third kappa shape index (κ3) is 4.18. The Morgan fingerprint density at radius 3 is 2.33 bits per heavy atom. The number of hydrogen-bond acceptors (Lipinski definition) is 2. The zero-order valence-corrected chi connectivity index (χ0v) is 15.4. The van der Waals surface area contributed by atoms with Crippen molar-refractivity contribution in [1.29, 1.82) is 0 Å². The molecule has 3 nitrogen and oxygen atoms in total. The van der Waals surface area contributed by atoms with Crippen LogP contribution in [0.1, 0.15) is 31.2 Å². The number of carbonyl (C=O) groups excluding carboxylic acids is 1. The molecule has 1 saturated heterocycles. The summed E-state index contributed by atoms with van der Waals surface area (Å²) in [6, 6.07) is 18.1. The summed E-state index contributed by atoms with van der Waals surface area (Å²) in [7, 11) is 0. The topological polar surface area (TPSA) is 29.5 Å². The summed E-state index contributed by atoms with van der Waals surface area (Å²) in [6.07, 6.45) is 1.57. The van der Waals surface area contributed by atoms with E-state index >= 15 is 0 Å². The van der Waals surface area contributed by atoms with E-state index in [-0.39, 0.29) is 5.91 Å². The van der Waals surface area contributed by atoms with Gasteiger partial charge in [-0.15, -0.1) is 0 Å². The maximum atomic E-state index is 12.6. The Hall–Kier alpha value is -1.81. The third-order valence-corrected chi connectivity index (χ3v) is 5.08. The van der Waals surface area contributed by atoms with Crippen molar-refractivity contribution >= 4 is 21.8 Å². The highest BCUT2D eigenvalue weighted by Gasteiger charge is 2.27. The van der Waals surface area contributed by atoms with Crippen molar-refractivity contribution in [3.63, 3.8) is 0 Å². The average molecular weight is 388 g/mol. The first-order chi connectivity index (χ1) is 11.6. The van der Waals surface area contributed by atoms with Crippen LogP contribution in [0.15, 0.2) is 59.1 Å². The van der Waals surface area contributed by atoms with Crippen LogP contribution in [0.25, 0.3) is 0 Å². The molecule has 1 unspecified atom stereocenters. The van der Waals surface area contributed by atoms with E-state index in [2.05, 4.69) is 40.2 Å². The van der Waals surface area contributed by atoms with E-state index < -0.39 is 6.10 Å². The van der Waals surface area contributed by atoms with Crippen molar-refractivity contribution in [2.75, 3.05) is 13.1 Å². The monoisotopic (exact) mass is 387 g/mol. The zero-order chi connectivity index (χ0) is 16.9. The van der Waals surface area contributed by atoms with Gasteiger partial charge in [0, 0.05) is 17.6 Å². The fraction of sp³-hybridized carbons (Fsp3) is 0.350. The van der Waals surface area contributed by atoms with Crippen molar-refractivity contribution < 1.29 is 9.53 Å². The predicted molar refractivity (Wildman–Crippen MR) is 99.2 cm³/mol. The van der Waals surface area contributed by atoms with Crippen molar-refractivity contribution in [1.82, 2.24) is 4.90 Å². The van der Waals surface area contributed by atoms with Gasteiger partial charge in [0.25, 0.3) is 5.91 Å². The Labute approximate surface area is 151 Å². The first-order valence-corrected chi connectivity index (χ1v) is 9.19. The minimum absolute atomic E-state index is 0.0735. The summed E-state index contributed by atoms with van der Waals surface area (Å²) in [5.41, 5.74) is 1.38. The molecule has 1 atom stereocenters. The fourth-order valence-electron chi connectivity index (χ4n) is 3.18. The molecule has 0 saturated carbocycles. The van der Waals surface area contributed by atoms with Crippen LogP contribution >= 0.6 is 15.9 Å². The Morgan fingerprint density at radius 1 is 1.08 bits per heavy atom. The van der Waals surface area contributed by atoms with E-state index in [1.807, 2.05) is 42.2 Å². The molecule has 1 amide bonds. The third-order valence-electron chi connectivity index (χ3n) is 4.55. The van der Waals surface area contributed by atoms with Gasteiger partial charge in [-0.05, 0) is 55.5 Å². The second-order valence-corrected chi connectivity index (χ2v) is 7.14. The van der Waals surface area contributed by atoms with Crippen LogP contribution in [0, 0.1) is 0 Å². The van der Waals surface area contributed by atoms with Gasteiger partial charge in [-0.25, -0.2) is 0 Å². The Morgan fingerprint density at radius 2 is 1.71 bits per heavy atom. The number of carbonyl (C=O) groups is 1. The van der Waals surface area contributed by atoms with Crippen LogP contribution < -0.4 is 4.74 Å². The standard InChI is InChI=1S/C20H22BrNO2/c1-15(24-19-9-7-18(21)8-10-19)20(23)22-13-11-17(12-14-22)16-5-3-2-4-6-16/h2-10,15,17H,11-14H2,1H3. The fourth-order valence-corrected chi connectivity index (χ4v) is 3.45. The van der Waals surface area contributed by atoms with Crippen molar-refractivity contribution in [3.8, 4) is 5.75 Å². The molecule has 0 spiro atoms. The zero-order valence-electron chi connectivity index (χ0n) is 13.8. The van der Waals surface area contributed by atoms with Crippen LogP contribution in [0.2, 0.25) is 0 Å². The number of nitrogens with zero attached hydrogens (tertiary/aromatic N) is 1. The lowest BCUT2D eigenvalue weighted by molar-refractivity contribution is -0.139. The van der Waals surface area contributed by atoms with Crippen molar-refractivity contribution in [2.24, 2.45) is 0 Å². The molecule has 0 N–H and O–H groups in total. The first kappa shape index (κ1) is 17.0. The first-order valence-electron chi connectivity index (χ1n) is 8.39. The van der Waals surface area contributed by atoms with Gasteiger partial charge in [-0.2, -0.15) is 0 Å². The predicted octanol–water partition coefficient (Wildman–Crippen LogP) is 4.62. The van der Waals surface area contributed by atoms with Gasteiger partial charge in [0.15, 0.2) is 6.10 Å². The average Bonchev–Trinajstić information content (AvgIpc) is 2.64. The highest BCUT2D eigenvalue weighted by atomic mass is 79.9. The summed E-state index contributed by atoms with van der Waals surface area (Å²) in [5.74, 6) is 1.35. The number of hydrogen-bond donors (Lipinski definition) is 0. The van der Waals surface area contributed by atoms with E-state index in [0.29, 0.717) is 5.92 Å². The van der Waals surface area contributed by atoms with Crippen LogP contribution in [-0.4, -0.2) is 30.0 Å². The molecule has 0 radical (unpaired) electrons. The molecule has 4 heteroatoms. The smallest absolute Gasteiger partial charge is 0.263 e. The number of ether oxygens (including phenoxy) is 1. The number of benzene rings is 2. The molecule has 1 aliphatic heterocycles. The molecule has 2 aromatic rings. The summed E-state index contributed by atoms with van der Waals surface area (Å²) in [4.78, 5) is 14.5. The lowest BCUT2D eigenvalue weighted by atomic mass is 9.89. The van der Waals surface area contributed by atoms with E-state index in [9.17, 15) is 4.79 Å². The molecule has 1 heterocycles. The number of likely N-dealkylation sites (tertiary alicyclic amines) is 1. The number of rotatable bonds is 4. The lowest BCUT2D eigenvalue weighted by Gasteiger charge is -2.33. The van der Waals surface area contributed by atoms with Gasteiger partial charge < -0.3 is 9.64 Å². The van der Waals surface area contributed by atoms with Gasteiger partial charge in [-0.1, -0.05) is 46.3 Å². The second kappa shape index (κ2) is 7.84. The second-order valence-electron chi connectivity index (χ2n) is 6.22. The van der Waals surface area contributed by atoms with Crippen LogP contribution in [-0.2, 0) is 4.79 Å². The minimum Gasteiger partial charge on any atom is -0.481 e. The summed E-state index contributed by atoms with van der Waals surface area (Å²) < 4.78 is 6.78. The molecule has 1 fully saturated rings. The molecule has 1 aliphatic rings. The van der Waals surface area contributed by atoms with Gasteiger partial charge in [0.1, 0.15) is 5.75 Å². The van der Waals surface area contributed by atoms with Crippen LogP contribution in [0.3, 0.4) is 0 Å². The SMILES string of the molecule is CC(Oc1ccc(Br)cc1)C(=O)N1CCC(c2ccccc2)CC1. The minimum atomic E-state index is -0.459. The maximum absolute atomic E-state index is 12.6. The quantitative estimate of drug-likeness (QED) is 0.765. The Balaban J connectivity index is 1.53. The molecule has 0 aliphatic carbocycles. The van der Waals surface area contributed by atoms with Crippen LogP contribution in [0.5, 0.6) is 5.75 Å². The number of amides is 1. The molecular formula is C20H22BrNO2. The Bertz CT molecular complexity index is 664. The molecule has 126 valence electrons. The summed E-state index contributed by atoms with van der Waals surface area (Å²) in [5, 5.41) is 0. The summed E-state index contributed by atoms with van der Waals surface area (Å²) >= 11 is 3.40. The number of piperidine rings is 1. The van der Waals surface area contributed by atoms with Gasteiger partial charge in [-0.3, -0.25) is 4.79 Å². The van der Waals surface area contributed by atoms with Crippen molar-refractivity contribution in [3.05, 3.63) is 64.6 Å². The Kier molecular flexibility index (Phi) is 5.56. The van der Waals surface area contributed by atoms with Crippen molar-refractivity contribution in [2.45, 2.75) is 31.8 Å². The van der Waals surface area contributed by atoms with Gasteiger partial charge >= 0.3 is 0 Å². The molecule has 2 aromatic carbocycles. The van der Waals surface area contributed by atoms with E-state index in [1.165, 1.54) is 5.56 Å². The maximum Gasteiger partial charge on any atom is 0.263 e. The van der Waals surface area contributed by atoms with E-state index in [0.717, 1.165) is 36.2 Å². The molecule has 0 bridgehead atoms. The molecule has 24 heavy (non-hydrogen) atoms. The molecule has 0 aromatic heterocycles. The molecular weight excluding hydrogens is 366 g/mol. The summed E-state index contributed by atoms with van der Waals surface area (Å²) in [6.45, 7) is 3.42. The highest BCUT2D eigenvalue weighted by molar-refractivity contribution is 9.10. The molecule has 3 rings (SSSR count). The van der Waals surface area contributed by atoms with Gasteiger partial charge in [0.2, 0.25) is 0 Å². The number of halogens is 1. The lowest BCUT2D eigenvalue weighted by Crippen LogP contribution is -2.44. The highest BCUT2D eigenvalue weighted by Crippen LogP contribution is 2.28. The normalized spacial score (nSPS) is 16.7. The van der Waals surface area contributed by atoms with Gasteiger partial charge in [0.05, 0.1) is 0 Å².